The first-order valence-corrected chi connectivity index (χ1v) is 3.65. The van der Waals surface area contributed by atoms with Crippen LogP contribution in [0.25, 0.3) is 0 Å². The van der Waals surface area contributed by atoms with E-state index in [9.17, 15) is 9.59 Å². The first-order valence-electron chi connectivity index (χ1n) is 3.65. The normalized spacial score (nSPS) is 9.92. The zero-order valence-corrected chi connectivity index (χ0v) is 7.23. The summed E-state index contributed by atoms with van der Waals surface area (Å²) in [7, 11) is 1.38. The predicted molar refractivity (Wildman–Crippen MR) is 47.7 cm³/mol. The Bertz CT molecular complexity index is 441. The third-order valence-electron chi connectivity index (χ3n) is 1.61. The summed E-state index contributed by atoms with van der Waals surface area (Å²) in [5.74, 6) is -0.124. The number of hydrogen-bond donors (Lipinski definition) is 1. The molecule has 0 aromatic carbocycles. The number of aromatic nitrogens is 2. The summed E-state index contributed by atoms with van der Waals surface area (Å²) in [6.07, 6.45) is 1.33. The Labute approximate surface area is 74.2 Å². The van der Waals surface area contributed by atoms with Crippen LogP contribution in [0.3, 0.4) is 0 Å². The van der Waals surface area contributed by atoms with Crippen LogP contribution in [0, 0.1) is 0 Å². The second-order valence-corrected chi connectivity index (χ2v) is 2.69. The van der Waals surface area contributed by atoms with Gasteiger partial charge in [-0.05, 0) is 0 Å². The Morgan fingerprint density at radius 2 is 2.23 bits per heavy atom. The van der Waals surface area contributed by atoms with Gasteiger partial charge in [-0.15, -0.1) is 0 Å². The van der Waals surface area contributed by atoms with Crippen molar-refractivity contribution < 1.29 is 5.11 Å². The predicted octanol–water partition coefficient (Wildman–Crippen LogP) is -0.381. The van der Waals surface area contributed by atoms with Gasteiger partial charge in [-0.25, -0.2) is 4.79 Å². The molecule has 0 spiro atoms. The number of nitrogens with zero attached hydrogens (tertiary/aromatic N) is 2. The fourth-order valence-electron chi connectivity index (χ4n) is 0.933. The van der Waals surface area contributed by atoms with Gasteiger partial charge in [0, 0.05) is 19.3 Å². The summed E-state index contributed by atoms with van der Waals surface area (Å²) in [4.78, 5) is 22.2. The third-order valence-corrected chi connectivity index (χ3v) is 1.61. The molecular formula is C8H10N2O3. The van der Waals surface area contributed by atoms with E-state index in [1.165, 1.54) is 23.9 Å². The van der Waals surface area contributed by atoms with Gasteiger partial charge in [-0.2, -0.15) is 0 Å². The van der Waals surface area contributed by atoms with E-state index in [1.807, 2.05) is 0 Å². The number of hydrogen-bond acceptors (Lipinski definition) is 3. The van der Waals surface area contributed by atoms with E-state index in [4.69, 9.17) is 5.11 Å². The van der Waals surface area contributed by atoms with Crippen LogP contribution in [0.5, 0.6) is 0 Å². The zero-order valence-electron chi connectivity index (χ0n) is 7.23. The van der Waals surface area contributed by atoms with Gasteiger partial charge in [-0.1, -0.05) is 6.58 Å². The average Bonchev–Trinajstić information content (AvgIpc) is 2.06. The highest BCUT2D eigenvalue weighted by atomic mass is 16.3. The second kappa shape index (κ2) is 3.30. The minimum absolute atomic E-state index is 0.00690. The molecule has 13 heavy (non-hydrogen) atoms. The monoisotopic (exact) mass is 182 g/mol. The lowest BCUT2D eigenvalue weighted by atomic mass is 10.5. The molecule has 70 valence electrons. The van der Waals surface area contributed by atoms with Gasteiger partial charge in [-0.3, -0.25) is 13.9 Å². The molecule has 5 nitrogen and oxygen atoms in total. The van der Waals surface area contributed by atoms with Crippen LogP contribution in [0.1, 0.15) is 0 Å². The molecule has 1 rings (SSSR count). The van der Waals surface area contributed by atoms with Crippen molar-refractivity contribution in [2.24, 2.45) is 7.05 Å². The Morgan fingerprint density at radius 1 is 1.62 bits per heavy atom. The lowest BCUT2D eigenvalue weighted by Crippen LogP contribution is -2.37. The first kappa shape index (κ1) is 9.31. The molecule has 1 heterocycles. The molecule has 0 fully saturated rings. The van der Waals surface area contributed by atoms with Crippen molar-refractivity contribution in [3.8, 4) is 0 Å². The minimum Gasteiger partial charge on any atom is -0.511 e. The fourth-order valence-corrected chi connectivity index (χ4v) is 0.933. The maximum atomic E-state index is 11.3. The van der Waals surface area contributed by atoms with Gasteiger partial charge in [0.1, 0.15) is 5.76 Å². The molecular weight excluding hydrogens is 172 g/mol. The maximum absolute atomic E-state index is 11.3. The van der Waals surface area contributed by atoms with Gasteiger partial charge in [0.2, 0.25) is 0 Å². The van der Waals surface area contributed by atoms with Crippen LogP contribution in [0.4, 0.5) is 0 Å². The van der Waals surface area contributed by atoms with Crippen molar-refractivity contribution in [3.05, 3.63) is 45.4 Å². The molecule has 1 aromatic rings. The van der Waals surface area contributed by atoms with E-state index in [2.05, 4.69) is 6.58 Å². The molecule has 1 N–H and O–H groups in total. The highest BCUT2D eigenvalue weighted by Gasteiger charge is 2.00. The summed E-state index contributed by atoms with van der Waals surface area (Å²) in [5, 5.41) is 8.85. The first-order chi connectivity index (χ1) is 6.02. The molecule has 0 saturated heterocycles. The van der Waals surface area contributed by atoms with E-state index < -0.39 is 5.69 Å². The van der Waals surface area contributed by atoms with Crippen LogP contribution in [0.15, 0.2) is 34.2 Å². The zero-order chi connectivity index (χ0) is 10.0. The van der Waals surface area contributed by atoms with Crippen LogP contribution in [0.2, 0.25) is 0 Å². The number of aliphatic hydroxyl groups excluding tert-OH is 1. The van der Waals surface area contributed by atoms with E-state index in [0.717, 1.165) is 4.57 Å². The maximum Gasteiger partial charge on any atom is 0.331 e. The Morgan fingerprint density at radius 3 is 2.77 bits per heavy atom. The van der Waals surface area contributed by atoms with Crippen LogP contribution in [-0.2, 0) is 13.6 Å². The molecule has 0 atom stereocenters. The second-order valence-electron chi connectivity index (χ2n) is 2.69. The van der Waals surface area contributed by atoms with Crippen molar-refractivity contribution in [1.82, 2.24) is 9.13 Å². The molecule has 0 unspecified atom stereocenters. The molecule has 5 heteroatoms. The van der Waals surface area contributed by atoms with E-state index in [1.54, 1.807) is 0 Å². The topological polar surface area (TPSA) is 64.2 Å². The number of allylic oxidation sites excluding steroid dienone is 1. The van der Waals surface area contributed by atoms with Crippen LogP contribution >= 0.6 is 0 Å². The molecule has 0 aliphatic carbocycles. The van der Waals surface area contributed by atoms with Crippen LogP contribution in [-0.4, -0.2) is 14.2 Å². The lowest BCUT2D eigenvalue weighted by molar-refractivity contribution is 0.373. The van der Waals surface area contributed by atoms with Gasteiger partial charge >= 0.3 is 5.69 Å². The lowest BCUT2D eigenvalue weighted by Gasteiger charge is -2.04. The molecule has 0 saturated carbocycles. The van der Waals surface area contributed by atoms with E-state index in [-0.39, 0.29) is 17.9 Å². The molecule has 0 bridgehead atoms. The Balaban J connectivity index is 3.27. The molecule has 1 aromatic heterocycles. The van der Waals surface area contributed by atoms with Gasteiger partial charge < -0.3 is 5.11 Å². The molecule has 0 radical (unpaired) electrons. The number of rotatable bonds is 2. The Hall–Kier alpha value is -1.78. The Kier molecular flexibility index (Phi) is 2.36. The van der Waals surface area contributed by atoms with Gasteiger partial charge in [0.05, 0.1) is 6.54 Å². The van der Waals surface area contributed by atoms with E-state index >= 15 is 0 Å². The van der Waals surface area contributed by atoms with Crippen molar-refractivity contribution in [1.29, 1.82) is 0 Å². The average molecular weight is 182 g/mol. The van der Waals surface area contributed by atoms with Crippen LogP contribution < -0.4 is 11.2 Å². The van der Waals surface area contributed by atoms with Crippen molar-refractivity contribution >= 4 is 0 Å². The van der Waals surface area contributed by atoms with E-state index in [0.29, 0.717) is 0 Å². The fraction of sp³-hybridized carbons (Fsp3) is 0.250. The SMILES string of the molecule is C=C(O)Cn1ccc(=O)n(C)c1=O. The van der Waals surface area contributed by atoms with Gasteiger partial charge in [0.25, 0.3) is 5.56 Å². The third kappa shape index (κ3) is 1.87. The standard InChI is InChI=1S/C8H10N2O3/c1-6(11)5-10-4-3-7(12)9(2)8(10)13/h3-4,11H,1,5H2,2H3. The summed E-state index contributed by atoms with van der Waals surface area (Å²) in [5.41, 5.74) is -0.840. The van der Waals surface area contributed by atoms with Crippen molar-refractivity contribution in [2.75, 3.05) is 0 Å². The summed E-state index contributed by atoms with van der Waals surface area (Å²) < 4.78 is 2.16. The molecule has 0 amide bonds. The summed E-state index contributed by atoms with van der Waals surface area (Å²) >= 11 is 0. The number of aliphatic hydroxyl groups is 1. The highest BCUT2D eigenvalue weighted by molar-refractivity contribution is 4.89. The van der Waals surface area contributed by atoms with Crippen molar-refractivity contribution in [2.45, 2.75) is 6.54 Å². The highest BCUT2D eigenvalue weighted by Crippen LogP contribution is 1.86. The van der Waals surface area contributed by atoms with Crippen molar-refractivity contribution in [3.63, 3.8) is 0 Å². The summed E-state index contributed by atoms with van der Waals surface area (Å²) in [6.45, 7) is 3.26. The smallest absolute Gasteiger partial charge is 0.331 e. The minimum atomic E-state index is -0.470. The molecule has 0 aliphatic rings. The molecule has 0 aliphatic heterocycles. The quantitative estimate of drug-likeness (QED) is 0.634. The van der Waals surface area contributed by atoms with Gasteiger partial charge in [0.15, 0.2) is 0 Å². The summed E-state index contributed by atoms with van der Waals surface area (Å²) in [6, 6.07) is 1.25. The largest absolute Gasteiger partial charge is 0.511 e.